The third-order valence-corrected chi connectivity index (χ3v) is 4.22. The highest BCUT2D eigenvalue weighted by atomic mass is 16.6. The van der Waals surface area contributed by atoms with E-state index in [0.29, 0.717) is 12.8 Å². The summed E-state index contributed by atoms with van der Waals surface area (Å²) < 4.78 is 5.50. The smallest absolute Gasteiger partial charge is 0.303 e. The first kappa shape index (κ1) is 17.5. The summed E-state index contributed by atoms with van der Waals surface area (Å²) in [6.07, 6.45) is 5.69. The molecule has 1 aromatic rings. The van der Waals surface area contributed by atoms with Crippen LogP contribution in [0.4, 0.5) is 0 Å². The zero-order chi connectivity index (χ0) is 16.7. The summed E-state index contributed by atoms with van der Waals surface area (Å²) in [6.45, 7) is 0. The van der Waals surface area contributed by atoms with E-state index >= 15 is 0 Å². The van der Waals surface area contributed by atoms with Crippen LogP contribution in [0, 0.1) is 0 Å². The number of ether oxygens (including phenoxy) is 1. The van der Waals surface area contributed by atoms with Gasteiger partial charge in [0.05, 0.1) is 12.2 Å². The monoisotopic (exact) mass is 320 g/mol. The van der Waals surface area contributed by atoms with E-state index in [2.05, 4.69) is 12.1 Å². The van der Waals surface area contributed by atoms with Crippen molar-refractivity contribution >= 4 is 11.9 Å². The molecule has 2 unspecified atom stereocenters. The van der Waals surface area contributed by atoms with E-state index in [0.717, 1.165) is 25.7 Å². The highest BCUT2D eigenvalue weighted by molar-refractivity contribution is 5.67. The van der Waals surface area contributed by atoms with Crippen LogP contribution < -0.4 is 0 Å². The molecule has 2 N–H and O–H groups in total. The number of aliphatic carboxylic acids is 2. The maximum Gasteiger partial charge on any atom is 0.303 e. The van der Waals surface area contributed by atoms with Crippen molar-refractivity contribution in [3.63, 3.8) is 0 Å². The Labute approximate surface area is 136 Å². The van der Waals surface area contributed by atoms with E-state index < -0.39 is 11.9 Å². The van der Waals surface area contributed by atoms with Crippen LogP contribution >= 0.6 is 0 Å². The maximum atomic E-state index is 10.6. The third-order valence-electron chi connectivity index (χ3n) is 4.22. The summed E-state index contributed by atoms with van der Waals surface area (Å²) in [5.41, 5.74) is 2.51. The minimum Gasteiger partial charge on any atom is -0.481 e. The second kappa shape index (κ2) is 8.67. The van der Waals surface area contributed by atoms with Crippen LogP contribution in [0.15, 0.2) is 24.3 Å². The van der Waals surface area contributed by atoms with Crippen LogP contribution in [0.5, 0.6) is 0 Å². The lowest BCUT2D eigenvalue weighted by Gasteiger charge is -2.08. The Balaban J connectivity index is 1.69. The molecular formula is C18H24O5. The molecule has 0 amide bonds. The summed E-state index contributed by atoms with van der Waals surface area (Å²) in [4.78, 5) is 21.1. The molecule has 23 heavy (non-hydrogen) atoms. The Morgan fingerprint density at radius 3 is 2.04 bits per heavy atom. The van der Waals surface area contributed by atoms with Gasteiger partial charge in [-0.25, -0.2) is 0 Å². The standard InChI is InChI=1S/C18H24O5/c19-17(20)10-4-8-14-6-2-1-5-13(14)7-3-9-15-16(23-15)11-12-18(21)22/h1-2,5-6,15-16H,3-4,7-12H2,(H,19,20)(H,21,22). The van der Waals surface area contributed by atoms with Crippen molar-refractivity contribution in [1.82, 2.24) is 0 Å². The quantitative estimate of drug-likeness (QED) is 0.612. The molecule has 0 spiro atoms. The molecule has 1 saturated heterocycles. The topological polar surface area (TPSA) is 87.1 Å². The molecule has 5 heteroatoms. The zero-order valence-electron chi connectivity index (χ0n) is 13.2. The molecule has 0 aliphatic carbocycles. The molecule has 0 aromatic heterocycles. The summed E-state index contributed by atoms with van der Waals surface area (Å²) in [6, 6.07) is 8.18. The van der Waals surface area contributed by atoms with Gasteiger partial charge in [-0.05, 0) is 49.7 Å². The number of rotatable bonds is 11. The first-order chi connectivity index (χ1) is 11.1. The summed E-state index contributed by atoms with van der Waals surface area (Å²) in [7, 11) is 0. The second-order valence-corrected chi connectivity index (χ2v) is 6.05. The third kappa shape index (κ3) is 6.40. The van der Waals surface area contributed by atoms with Crippen molar-refractivity contribution in [1.29, 1.82) is 0 Å². The van der Waals surface area contributed by atoms with Crippen LogP contribution in [-0.4, -0.2) is 34.4 Å². The van der Waals surface area contributed by atoms with Gasteiger partial charge in [0.1, 0.15) is 0 Å². The van der Waals surface area contributed by atoms with Crippen molar-refractivity contribution in [2.75, 3.05) is 0 Å². The van der Waals surface area contributed by atoms with Crippen LogP contribution in [0.25, 0.3) is 0 Å². The normalized spacial score (nSPS) is 19.5. The fourth-order valence-electron chi connectivity index (χ4n) is 2.92. The molecule has 126 valence electrons. The van der Waals surface area contributed by atoms with Crippen molar-refractivity contribution in [3.8, 4) is 0 Å². The number of benzene rings is 1. The van der Waals surface area contributed by atoms with Gasteiger partial charge < -0.3 is 14.9 Å². The molecule has 0 saturated carbocycles. The highest BCUT2D eigenvalue weighted by Gasteiger charge is 2.37. The summed E-state index contributed by atoms with van der Waals surface area (Å²) in [5, 5.41) is 17.4. The largest absolute Gasteiger partial charge is 0.481 e. The molecule has 1 aliphatic heterocycles. The van der Waals surface area contributed by atoms with Crippen molar-refractivity contribution in [3.05, 3.63) is 35.4 Å². The van der Waals surface area contributed by atoms with Gasteiger partial charge in [-0.3, -0.25) is 9.59 Å². The number of hydrogen-bond donors (Lipinski definition) is 2. The van der Waals surface area contributed by atoms with E-state index in [1.807, 2.05) is 12.1 Å². The minimum atomic E-state index is -0.769. The minimum absolute atomic E-state index is 0.122. The van der Waals surface area contributed by atoms with Gasteiger partial charge in [0, 0.05) is 12.8 Å². The Bertz CT molecular complexity index is 540. The SMILES string of the molecule is O=C(O)CCCc1ccccc1CCCC1OC1CCC(=O)O. The zero-order valence-corrected chi connectivity index (χ0v) is 13.2. The van der Waals surface area contributed by atoms with Crippen molar-refractivity contribution in [2.24, 2.45) is 0 Å². The average molecular weight is 320 g/mol. The van der Waals surface area contributed by atoms with Gasteiger partial charge in [0.2, 0.25) is 0 Å². The Hall–Kier alpha value is -1.88. The van der Waals surface area contributed by atoms with Crippen LogP contribution in [0.2, 0.25) is 0 Å². The van der Waals surface area contributed by atoms with E-state index in [4.69, 9.17) is 14.9 Å². The fourth-order valence-corrected chi connectivity index (χ4v) is 2.92. The Morgan fingerprint density at radius 1 is 0.870 bits per heavy atom. The summed E-state index contributed by atoms with van der Waals surface area (Å²) in [5.74, 6) is -1.52. The molecule has 1 fully saturated rings. The van der Waals surface area contributed by atoms with Crippen molar-refractivity contribution < 1.29 is 24.5 Å². The highest BCUT2D eigenvalue weighted by Crippen LogP contribution is 2.31. The van der Waals surface area contributed by atoms with Crippen LogP contribution in [-0.2, 0) is 27.2 Å². The Morgan fingerprint density at radius 2 is 1.43 bits per heavy atom. The van der Waals surface area contributed by atoms with Gasteiger partial charge in [-0.15, -0.1) is 0 Å². The lowest BCUT2D eigenvalue weighted by atomic mass is 9.97. The molecule has 2 rings (SSSR count). The first-order valence-corrected chi connectivity index (χ1v) is 8.22. The molecule has 1 aliphatic rings. The van der Waals surface area contributed by atoms with Crippen molar-refractivity contribution in [2.45, 2.75) is 63.6 Å². The van der Waals surface area contributed by atoms with E-state index in [1.54, 1.807) is 0 Å². The lowest BCUT2D eigenvalue weighted by molar-refractivity contribution is -0.138. The number of carboxylic acid groups (broad SMARTS) is 2. The van der Waals surface area contributed by atoms with E-state index in [1.165, 1.54) is 11.1 Å². The van der Waals surface area contributed by atoms with Gasteiger partial charge in [-0.1, -0.05) is 24.3 Å². The Kier molecular flexibility index (Phi) is 6.59. The molecule has 0 bridgehead atoms. The van der Waals surface area contributed by atoms with E-state index in [-0.39, 0.29) is 25.0 Å². The van der Waals surface area contributed by atoms with Gasteiger partial charge in [0.25, 0.3) is 0 Å². The lowest BCUT2D eigenvalue weighted by Crippen LogP contribution is -2.02. The van der Waals surface area contributed by atoms with Gasteiger partial charge in [0.15, 0.2) is 0 Å². The first-order valence-electron chi connectivity index (χ1n) is 8.22. The predicted octanol–water partition coefficient (Wildman–Crippen LogP) is 3.05. The number of aryl methyl sites for hydroxylation is 2. The van der Waals surface area contributed by atoms with E-state index in [9.17, 15) is 9.59 Å². The predicted molar refractivity (Wildman–Crippen MR) is 85.5 cm³/mol. The maximum absolute atomic E-state index is 10.6. The molecule has 1 heterocycles. The number of carbonyl (C=O) groups is 2. The van der Waals surface area contributed by atoms with Gasteiger partial charge in [-0.2, -0.15) is 0 Å². The van der Waals surface area contributed by atoms with Gasteiger partial charge >= 0.3 is 11.9 Å². The molecule has 2 atom stereocenters. The second-order valence-electron chi connectivity index (χ2n) is 6.05. The molecule has 5 nitrogen and oxygen atoms in total. The molecule has 1 aromatic carbocycles. The average Bonchev–Trinajstić information content (AvgIpc) is 3.25. The van der Waals surface area contributed by atoms with Crippen LogP contribution in [0.1, 0.15) is 49.7 Å². The number of carboxylic acids is 2. The fraction of sp³-hybridized carbons (Fsp3) is 0.556. The summed E-state index contributed by atoms with van der Waals surface area (Å²) >= 11 is 0. The number of hydrogen-bond acceptors (Lipinski definition) is 3. The number of epoxide rings is 1. The van der Waals surface area contributed by atoms with Crippen LogP contribution in [0.3, 0.4) is 0 Å². The molecular weight excluding hydrogens is 296 g/mol. The molecule has 0 radical (unpaired) electrons.